The summed E-state index contributed by atoms with van der Waals surface area (Å²) in [7, 11) is 0. The lowest BCUT2D eigenvalue weighted by molar-refractivity contribution is -0.113. The van der Waals surface area contributed by atoms with Crippen LogP contribution in [-0.4, -0.2) is 27.0 Å². The quantitative estimate of drug-likeness (QED) is 0.234. The average molecular weight is 464 g/mol. The Labute approximate surface area is 193 Å². The molecule has 1 amide bonds. The number of fused-ring (bicyclic) bond motifs is 1. The van der Waals surface area contributed by atoms with E-state index in [1.54, 1.807) is 52.3 Å². The van der Waals surface area contributed by atoms with Gasteiger partial charge in [0.15, 0.2) is 10.9 Å². The maximum absolute atomic E-state index is 13.1. The molecule has 2 aromatic carbocycles. The number of nitrogens with one attached hydrogen (secondary N) is 1. The number of anilines is 1. The van der Waals surface area contributed by atoms with E-state index >= 15 is 0 Å². The smallest absolute Gasteiger partial charge is 0.262 e. The van der Waals surface area contributed by atoms with Crippen LogP contribution >= 0.6 is 23.1 Å². The number of thiophene rings is 1. The Balaban J connectivity index is 1.51. The van der Waals surface area contributed by atoms with Gasteiger partial charge >= 0.3 is 0 Å². The molecular weight excluding hydrogens is 442 g/mol. The molecule has 8 heteroatoms. The van der Waals surface area contributed by atoms with Crippen LogP contribution in [0.3, 0.4) is 0 Å². The summed E-state index contributed by atoms with van der Waals surface area (Å²) in [6.45, 7) is 1.99. The van der Waals surface area contributed by atoms with Crippen molar-refractivity contribution >= 4 is 51.4 Å². The molecular formula is C24H21N3O3S2. The van der Waals surface area contributed by atoms with Gasteiger partial charge in [-0.25, -0.2) is 4.98 Å². The van der Waals surface area contributed by atoms with Gasteiger partial charge < -0.3 is 5.32 Å². The number of aromatic nitrogens is 2. The third-order valence-electron chi connectivity index (χ3n) is 4.90. The van der Waals surface area contributed by atoms with Crippen molar-refractivity contribution in [2.24, 2.45) is 0 Å². The Morgan fingerprint density at radius 2 is 1.84 bits per heavy atom. The number of benzene rings is 2. The molecule has 32 heavy (non-hydrogen) atoms. The fourth-order valence-electron chi connectivity index (χ4n) is 3.25. The maximum atomic E-state index is 13.1. The number of Topliss-reactive ketones (excluding diaryl/α,β-unsaturated/α-hetero) is 1. The number of carbonyl (C=O) groups excluding carboxylic acids is 2. The van der Waals surface area contributed by atoms with Crippen molar-refractivity contribution in [3.05, 3.63) is 86.8 Å². The third-order valence-corrected chi connectivity index (χ3v) is 6.81. The highest BCUT2D eigenvalue weighted by atomic mass is 32.2. The first kappa shape index (κ1) is 22.0. The summed E-state index contributed by atoms with van der Waals surface area (Å²) in [6, 6.07) is 18.0. The van der Waals surface area contributed by atoms with E-state index in [1.165, 1.54) is 23.6 Å². The topological polar surface area (TPSA) is 81.1 Å². The van der Waals surface area contributed by atoms with Gasteiger partial charge in [0.1, 0.15) is 0 Å². The molecule has 2 heterocycles. The fraction of sp³-hybridized carbons (Fsp3) is 0.167. The second-order valence-corrected chi connectivity index (χ2v) is 9.14. The van der Waals surface area contributed by atoms with Crippen molar-refractivity contribution in [1.29, 1.82) is 0 Å². The Morgan fingerprint density at radius 3 is 2.56 bits per heavy atom. The molecule has 0 saturated heterocycles. The number of rotatable bonds is 8. The number of para-hydroxylation sites is 1. The molecule has 0 atom stereocenters. The fourth-order valence-corrected chi connectivity index (χ4v) is 4.77. The van der Waals surface area contributed by atoms with Gasteiger partial charge in [-0.1, -0.05) is 30.0 Å². The van der Waals surface area contributed by atoms with Crippen molar-refractivity contribution in [2.45, 2.75) is 25.0 Å². The number of ketones is 1. The van der Waals surface area contributed by atoms with Gasteiger partial charge in [0.05, 0.1) is 16.7 Å². The predicted molar refractivity (Wildman–Crippen MR) is 130 cm³/mol. The van der Waals surface area contributed by atoms with Crippen molar-refractivity contribution in [1.82, 2.24) is 9.55 Å². The Bertz CT molecular complexity index is 1310. The van der Waals surface area contributed by atoms with E-state index in [9.17, 15) is 14.4 Å². The van der Waals surface area contributed by atoms with Crippen molar-refractivity contribution in [3.8, 4) is 0 Å². The largest absolute Gasteiger partial charge is 0.325 e. The number of aryl methyl sites for hydroxylation is 1. The number of nitrogens with zero attached hydrogens (tertiary/aromatic N) is 2. The lowest BCUT2D eigenvalue weighted by atomic mass is 10.1. The molecule has 0 radical (unpaired) electrons. The summed E-state index contributed by atoms with van der Waals surface area (Å²) in [5.41, 5.74) is 1.72. The van der Waals surface area contributed by atoms with E-state index in [-0.39, 0.29) is 23.0 Å². The molecule has 0 saturated carbocycles. The Morgan fingerprint density at radius 1 is 1.06 bits per heavy atom. The minimum Gasteiger partial charge on any atom is -0.325 e. The van der Waals surface area contributed by atoms with Gasteiger partial charge in [0.25, 0.3) is 5.56 Å². The van der Waals surface area contributed by atoms with E-state index in [2.05, 4.69) is 10.3 Å². The minimum atomic E-state index is -0.210. The molecule has 4 aromatic rings. The molecule has 0 aliphatic rings. The van der Waals surface area contributed by atoms with Crippen LogP contribution in [0.2, 0.25) is 0 Å². The lowest BCUT2D eigenvalue weighted by Crippen LogP contribution is -2.25. The molecule has 162 valence electrons. The molecule has 0 aliphatic heterocycles. The molecule has 4 rings (SSSR count). The van der Waals surface area contributed by atoms with E-state index in [0.29, 0.717) is 33.9 Å². The van der Waals surface area contributed by atoms with Crippen LogP contribution < -0.4 is 10.9 Å². The highest BCUT2D eigenvalue weighted by Crippen LogP contribution is 2.20. The summed E-state index contributed by atoms with van der Waals surface area (Å²) < 4.78 is 1.65. The van der Waals surface area contributed by atoms with E-state index < -0.39 is 0 Å². The zero-order valence-corrected chi connectivity index (χ0v) is 19.0. The number of carbonyl (C=O) groups is 2. The van der Waals surface area contributed by atoms with Crippen LogP contribution in [0.4, 0.5) is 5.69 Å². The van der Waals surface area contributed by atoms with Crippen LogP contribution in [0.25, 0.3) is 10.9 Å². The van der Waals surface area contributed by atoms with Crippen molar-refractivity contribution in [2.75, 3.05) is 11.1 Å². The van der Waals surface area contributed by atoms with E-state index in [0.717, 1.165) is 6.42 Å². The molecule has 1 N–H and O–H groups in total. The zero-order chi connectivity index (χ0) is 22.5. The second-order valence-electron chi connectivity index (χ2n) is 7.17. The van der Waals surface area contributed by atoms with Gasteiger partial charge in [-0.15, -0.1) is 11.3 Å². The summed E-state index contributed by atoms with van der Waals surface area (Å²) >= 11 is 2.89. The Hall–Kier alpha value is -3.23. The number of hydrogen-bond donors (Lipinski definition) is 1. The van der Waals surface area contributed by atoms with Gasteiger partial charge in [-0.3, -0.25) is 19.0 Å². The number of thioether (sulfide) groups is 1. The highest BCUT2D eigenvalue weighted by Gasteiger charge is 2.14. The monoisotopic (exact) mass is 463 g/mol. The predicted octanol–water partition coefficient (Wildman–Crippen LogP) is 4.63. The minimum absolute atomic E-state index is 0.0265. The van der Waals surface area contributed by atoms with Gasteiger partial charge in [0.2, 0.25) is 5.91 Å². The molecule has 0 bridgehead atoms. The van der Waals surface area contributed by atoms with Gasteiger partial charge in [0, 0.05) is 22.7 Å². The standard InChI is InChI=1S/C24H21N3O3S2/c1-16(28)17-8-10-18(11-9-17)25-22(29)15-32-24-26-21-7-3-2-6-20(21)23(30)27(24)13-12-19-5-4-14-31-19/h2-11,14H,12-13,15H2,1H3,(H,25,29). The summed E-state index contributed by atoms with van der Waals surface area (Å²) in [5, 5.41) is 5.92. The normalized spacial score (nSPS) is 10.9. The summed E-state index contributed by atoms with van der Waals surface area (Å²) in [4.78, 5) is 42.9. The highest BCUT2D eigenvalue weighted by molar-refractivity contribution is 7.99. The SMILES string of the molecule is CC(=O)c1ccc(NC(=O)CSc2nc3ccccc3c(=O)n2CCc2cccs2)cc1. The van der Waals surface area contributed by atoms with E-state index in [4.69, 9.17) is 0 Å². The summed E-state index contributed by atoms with van der Waals surface area (Å²) in [5.74, 6) is -0.128. The van der Waals surface area contributed by atoms with Gasteiger partial charge in [-0.05, 0) is 61.2 Å². The lowest BCUT2D eigenvalue weighted by Gasteiger charge is -2.13. The molecule has 0 fully saturated rings. The molecule has 0 aliphatic carbocycles. The number of amides is 1. The van der Waals surface area contributed by atoms with Crippen LogP contribution in [-0.2, 0) is 17.8 Å². The van der Waals surface area contributed by atoms with Gasteiger partial charge in [-0.2, -0.15) is 0 Å². The first-order chi connectivity index (χ1) is 15.5. The summed E-state index contributed by atoms with van der Waals surface area (Å²) in [6.07, 6.45) is 0.722. The maximum Gasteiger partial charge on any atom is 0.262 e. The average Bonchev–Trinajstić information content (AvgIpc) is 3.31. The van der Waals surface area contributed by atoms with E-state index in [1.807, 2.05) is 29.6 Å². The molecule has 2 aromatic heterocycles. The number of hydrogen-bond acceptors (Lipinski definition) is 6. The molecule has 0 unspecified atom stereocenters. The second kappa shape index (κ2) is 9.93. The van der Waals surface area contributed by atoms with Crippen LogP contribution in [0.15, 0.2) is 76.0 Å². The first-order valence-corrected chi connectivity index (χ1v) is 11.9. The Kier molecular flexibility index (Phi) is 6.82. The zero-order valence-electron chi connectivity index (χ0n) is 17.4. The van der Waals surface area contributed by atoms with Crippen LogP contribution in [0, 0.1) is 0 Å². The van der Waals surface area contributed by atoms with Crippen LogP contribution in [0.1, 0.15) is 22.2 Å². The third kappa shape index (κ3) is 5.15. The molecule has 0 spiro atoms. The first-order valence-electron chi connectivity index (χ1n) is 10.1. The van der Waals surface area contributed by atoms with Crippen LogP contribution in [0.5, 0.6) is 0 Å². The molecule has 6 nitrogen and oxygen atoms in total. The van der Waals surface area contributed by atoms with Crippen molar-refractivity contribution < 1.29 is 9.59 Å². The van der Waals surface area contributed by atoms with Crippen molar-refractivity contribution in [3.63, 3.8) is 0 Å².